The van der Waals surface area contributed by atoms with Crippen LogP contribution in [-0.2, 0) is 0 Å². The Hall–Kier alpha value is -1.96. The molecular formula is C11H18N6O2. The molecular weight excluding hydrogens is 248 g/mol. The Balaban J connectivity index is 2.18. The topological polar surface area (TPSA) is 119 Å². The van der Waals surface area contributed by atoms with Gasteiger partial charge in [0, 0.05) is 6.54 Å². The highest BCUT2D eigenvalue weighted by molar-refractivity contribution is 5.68. The summed E-state index contributed by atoms with van der Waals surface area (Å²) < 4.78 is 0. The number of nitro groups is 1. The lowest BCUT2D eigenvalue weighted by atomic mass is 9.67. The Labute approximate surface area is 110 Å². The standard InChI is InChI=1S/C11H18N6O2/c1-2-11(4-3-5-11)6-13-9-8(17(18)19)10(16-12)15-7-14-9/h7H,2-6,12H2,1H3,(H2,13,14,15,16). The lowest BCUT2D eigenvalue weighted by molar-refractivity contribution is -0.383. The van der Waals surface area contributed by atoms with Gasteiger partial charge in [0.2, 0.25) is 11.6 Å². The Morgan fingerprint density at radius 1 is 1.47 bits per heavy atom. The molecule has 1 aliphatic rings. The van der Waals surface area contributed by atoms with Crippen molar-refractivity contribution in [2.75, 3.05) is 17.3 Å². The monoisotopic (exact) mass is 266 g/mol. The van der Waals surface area contributed by atoms with Crippen LogP contribution in [0.1, 0.15) is 32.6 Å². The smallest absolute Gasteiger partial charge is 0.354 e. The fourth-order valence-electron chi connectivity index (χ4n) is 2.39. The molecule has 1 aromatic rings. The summed E-state index contributed by atoms with van der Waals surface area (Å²) in [5, 5.41) is 14.1. The number of nitrogens with two attached hydrogens (primary N) is 1. The van der Waals surface area contributed by atoms with E-state index in [4.69, 9.17) is 5.84 Å². The SMILES string of the molecule is CCC1(CNc2ncnc(NN)c2[N+](=O)[O-])CCC1. The molecule has 1 fully saturated rings. The van der Waals surface area contributed by atoms with Crippen molar-refractivity contribution >= 4 is 17.3 Å². The summed E-state index contributed by atoms with van der Waals surface area (Å²) in [5.74, 6) is 5.46. The minimum Gasteiger partial charge on any atom is -0.364 e. The van der Waals surface area contributed by atoms with E-state index in [0.717, 1.165) is 19.3 Å². The molecule has 0 radical (unpaired) electrons. The van der Waals surface area contributed by atoms with E-state index in [2.05, 4.69) is 27.6 Å². The van der Waals surface area contributed by atoms with Crippen LogP contribution >= 0.6 is 0 Å². The molecule has 1 heterocycles. The van der Waals surface area contributed by atoms with Gasteiger partial charge in [0.05, 0.1) is 4.92 Å². The van der Waals surface area contributed by atoms with Crippen LogP contribution < -0.4 is 16.6 Å². The second kappa shape index (κ2) is 5.35. The van der Waals surface area contributed by atoms with Gasteiger partial charge in [-0.05, 0) is 24.7 Å². The summed E-state index contributed by atoms with van der Waals surface area (Å²) in [6.45, 7) is 2.83. The zero-order valence-corrected chi connectivity index (χ0v) is 10.8. The summed E-state index contributed by atoms with van der Waals surface area (Å²) in [7, 11) is 0. The van der Waals surface area contributed by atoms with Crippen molar-refractivity contribution in [3.63, 3.8) is 0 Å². The van der Waals surface area contributed by atoms with Crippen molar-refractivity contribution in [3.05, 3.63) is 16.4 Å². The molecule has 1 aliphatic carbocycles. The quantitative estimate of drug-likeness (QED) is 0.407. The second-order valence-corrected chi connectivity index (χ2v) is 4.88. The van der Waals surface area contributed by atoms with Gasteiger partial charge in [0.15, 0.2) is 0 Å². The Morgan fingerprint density at radius 3 is 2.63 bits per heavy atom. The summed E-state index contributed by atoms with van der Waals surface area (Å²) in [6, 6.07) is 0. The van der Waals surface area contributed by atoms with Crippen molar-refractivity contribution in [1.29, 1.82) is 0 Å². The van der Waals surface area contributed by atoms with Gasteiger partial charge < -0.3 is 10.7 Å². The fraction of sp³-hybridized carbons (Fsp3) is 0.636. The molecule has 1 aromatic heterocycles. The maximum atomic E-state index is 11.1. The number of hydrogen-bond acceptors (Lipinski definition) is 7. The third-order valence-electron chi connectivity index (χ3n) is 3.94. The molecule has 19 heavy (non-hydrogen) atoms. The molecule has 0 aromatic carbocycles. The summed E-state index contributed by atoms with van der Waals surface area (Å²) >= 11 is 0. The molecule has 8 heteroatoms. The van der Waals surface area contributed by atoms with Gasteiger partial charge >= 0.3 is 5.69 Å². The number of nitrogens with zero attached hydrogens (tertiary/aromatic N) is 3. The number of aromatic nitrogens is 2. The zero-order valence-electron chi connectivity index (χ0n) is 10.8. The van der Waals surface area contributed by atoms with Gasteiger partial charge in [0.25, 0.3) is 0 Å². The average Bonchev–Trinajstić information content (AvgIpc) is 2.37. The van der Waals surface area contributed by atoms with E-state index in [9.17, 15) is 10.1 Å². The van der Waals surface area contributed by atoms with Crippen LogP contribution in [0.3, 0.4) is 0 Å². The molecule has 4 N–H and O–H groups in total. The van der Waals surface area contributed by atoms with Gasteiger partial charge in [0.1, 0.15) is 6.33 Å². The number of nitrogen functional groups attached to an aromatic ring is 1. The lowest BCUT2D eigenvalue weighted by Gasteiger charge is -2.41. The summed E-state index contributed by atoms with van der Waals surface area (Å²) in [4.78, 5) is 18.2. The predicted octanol–water partition coefficient (Wildman–Crippen LogP) is 1.66. The molecule has 0 amide bonds. The number of hydrogen-bond donors (Lipinski definition) is 3. The van der Waals surface area contributed by atoms with Gasteiger partial charge in [-0.3, -0.25) is 10.1 Å². The van der Waals surface area contributed by atoms with Crippen molar-refractivity contribution < 1.29 is 4.92 Å². The molecule has 8 nitrogen and oxygen atoms in total. The highest BCUT2D eigenvalue weighted by atomic mass is 16.6. The number of rotatable bonds is 6. The first kappa shape index (κ1) is 13.5. The van der Waals surface area contributed by atoms with Gasteiger partial charge in [-0.1, -0.05) is 13.3 Å². The van der Waals surface area contributed by atoms with E-state index in [-0.39, 0.29) is 22.7 Å². The van der Waals surface area contributed by atoms with E-state index in [1.54, 1.807) is 0 Å². The molecule has 0 saturated heterocycles. The van der Waals surface area contributed by atoms with Crippen LogP contribution in [0.15, 0.2) is 6.33 Å². The summed E-state index contributed by atoms with van der Waals surface area (Å²) in [5.41, 5.74) is 2.26. The van der Waals surface area contributed by atoms with Gasteiger partial charge in [-0.25, -0.2) is 15.8 Å². The third kappa shape index (κ3) is 2.58. The molecule has 2 rings (SSSR count). The van der Waals surface area contributed by atoms with E-state index in [0.29, 0.717) is 6.54 Å². The van der Waals surface area contributed by atoms with Crippen molar-refractivity contribution in [1.82, 2.24) is 9.97 Å². The molecule has 0 unspecified atom stereocenters. The first-order valence-electron chi connectivity index (χ1n) is 6.32. The second-order valence-electron chi connectivity index (χ2n) is 4.88. The van der Waals surface area contributed by atoms with Crippen molar-refractivity contribution in [2.45, 2.75) is 32.6 Å². The number of hydrazine groups is 1. The highest BCUT2D eigenvalue weighted by Crippen LogP contribution is 2.44. The van der Waals surface area contributed by atoms with E-state index in [1.807, 2.05) is 0 Å². The maximum Gasteiger partial charge on any atom is 0.354 e. The zero-order chi connectivity index (χ0) is 13.9. The van der Waals surface area contributed by atoms with E-state index in [1.165, 1.54) is 12.7 Å². The lowest BCUT2D eigenvalue weighted by Crippen LogP contribution is -2.36. The largest absolute Gasteiger partial charge is 0.364 e. The van der Waals surface area contributed by atoms with Gasteiger partial charge in [-0.2, -0.15) is 0 Å². The molecule has 0 aliphatic heterocycles. The van der Waals surface area contributed by atoms with E-state index >= 15 is 0 Å². The maximum absolute atomic E-state index is 11.1. The predicted molar refractivity (Wildman–Crippen MR) is 71.6 cm³/mol. The molecule has 1 saturated carbocycles. The van der Waals surface area contributed by atoms with Crippen LogP contribution in [0.5, 0.6) is 0 Å². The molecule has 104 valence electrons. The van der Waals surface area contributed by atoms with Crippen molar-refractivity contribution in [2.24, 2.45) is 11.3 Å². The van der Waals surface area contributed by atoms with Crippen LogP contribution in [0.2, 0.25) is 0 Å². The number of nitrogens with one attached hydrogen (secondary N) is 2. The number of anilines is 2. The van der Waals surface area contributed by atoms with Crippen LogP contribution in [0.4, 0.5) is 17.3 Å². The van der Waals surface area contributed by atoms with Crippen molar-refractivity contribution in [3.8, 4) is 0 Å². The molecule has 0 spiro atoms. The first-order chi connectivity index (χ1) is 9.12. The van der Waals surface area contributed by atoms with E-state index < -0.39 is 4.92 Å². The summed E-state index contributed by atoms with van der Waals surface area (Å²) in [6.07, 6.45) is 5.83. The average molecular weight is 266 g/mol. The first-order valence-corrected chi connectivity index (χ1v) is 6.32. The Bertz CT molecular complexity index is 469. The Kier molecular flexibility index (Phi) is 3.79. The normalized spacial score (nSPS) is 16.5. The van der Waals surface area contributed by atoms with Crippen LogP contribution in [0.25, 0.3) is 0 Å². The van der Waals surface area contributed by atoms with Crippen LogP contribution in [-0.4, -0.2) is 21.4 Å². The molecule has 0 bridgehead atoms. The van der Waals surface area contributed by atoms with Crippen LogP contribution in [0, 0.1) is 15.5 Å². The Morgan fingerprint density at radius 2 is 2.16 bits per heavy atom. The molecule has 0 atom stereocenters. The third-order valence-corrected chi connectivity index (χ3v) is 3.94. The minimum absolute atomic E-state index is 0.0154. The minimum atomic E-state index is -0.531. The van der Waals surface area contributed by atoms with Gasteiger partial charge in [-0.15, -0.1) is 0 Å². The fourth-order valence-corrected chi connectivity index (χ4v) is 2.39. The highest BCUT2D eigenvalue weighted by Gasteiger charge is 2.35.